The predicted octanol–water partition coefficient (Wildman–Crippen LogP) is 2.97. The fraction of sp³-hybridized carbons (Fsp3) is 0.333. The maximum absolute atomic E-state index is 12.2. The highest BCUT2D eigenvalue weighted by Gasteiger charge is 2.21. The van der Waals surface area contributed by atoms with Gasteiger partial charge in [0.1, 0.15) is 5.75 Å². The van der Waals surface area contributed by atoms with Crippen LogP contribution in [-0.2, 0) is 27.2 Å². The lowest BCUT2D eigenvalue weighted by Gasteiger charge is -2.26. The van der Waals surface area contributed by atoms with E-state index in [2.05, 4.69) is 17.4 Å². The molecular weight excluding hydrogens is 330 g/mol. The summed E-state index contributed by atoms with van der Waals surface area (Å²) in [6, 6.07) is 15.3. The van der Waals surface area contributed by atoms with E-state index in [1.54, 1.807) is 31.4 Å². The molecule has 0 aromatic heterocycles. The minimum Gasteiger partial charge on any atom is -0.497 e. The van der Waals surface area contributed by atoms with Crippen LogP contribution in [0.25, 0.3) is 0 Å². The molecule has 1 atom stereocenters. The maximum Gasteiger partial charge on any atom is 0.310 e. The summed E-state index contributed by atoms with van der Waals surface area (Å²) in [5.41, 5.74) is 3.26. The molecule has 1 amide bonds. The predicted molar refractivity (Wildman–Crippen MR) is 97.9 cm³/mol. The Morgan fingerprint density at radius 1 is 1.12 bits per heavy atom. The zero-order valence-corrected chi connectivity index (χ0v) is 14.9. The first-order valence-electron chi connectivity index (χ1n) is 8.81. The van der Waals surface area contributed by atoms with Crippen LogP contribution >= 0.6 is 0 Å². The topological polar surface area (TPSA) is 64.6 Å². The Labute approximate surface area is 153 Å². The number of methoxy groups -OCH3 is 1. The first-order chi connectivity index (χ1) is 12.7. The van der Waals surface area contributed by atoms with Crippen LogP contribution in [-0.4, -0.2) is 25.6 Å². The standard InChI is InChI=1S/C21H23NO4/c1-25-17-11-9-15(10-12-17)13-21(24)26-14-20(23)22-19-8-4-6-16-5-2-3-7-18(16)19/h2-3,5,7,9-12,19H,4,6,8,13-14H2,1H3,(H,22,23)/t19-/m1/s1. The van der Waals surface area contributed by atoms with Crippen molar-refractivity contribution in [2.75, 3.05) is 13.7 Å². The first-order valence-corrected chi connectivity index (χ1v) is 8.81. The fourth-order valence-corrected chi connectivity index (χ4v) is 3.25. The van der Waals surface area contributed by atoms with E-state index in [0.29, 0.717) is 0 Å². The highest BCUT2D eigenvalue weighted by atomic mass is 16.5. The molecule has 0 unspecified atom stereocenters. The molecule has 5 nitrogen and oxygen atoms in total. The van der Waals surface area contributed by atoms with Gasteiger partial charge in [-0.1, -0.05) is 36.4 Å². The molecule has 0 bridgehead atoms. The molecule has 5 heteroatoms. The van der Waals surface area contributed by atoms with E-state index in [4.69, 9.17) is 9.47 Å². The number of carbonyl (C=O) groups is 2. The minimum atomic E-state index is -0.422. The third-order valence-corrected chi connectivity index (χ3v) is 4.58. The number of benzene rings is 2. The highest BCUT2D eigenvalue weighted by molar-refractivity contribution is 5.81. The number of amides is 1. The average Bonchev–Trinajstić information content (AvgIpc) is 2.67. The van der Waals surface area contributed by atoms with Crippen molar-refractivity contribution < 1.29 is 19.1 Å². The fourth-order valence-electron chi connectivity index (χ4n) is 3.25. The number of fused-ring (bicyclic) bond motifs is 1. The van der Waals surface area contributed by atoms with Crippen molar-refractivity contribution in [1.29, 1.82) is 0 Å². The van der Waals surface area contributed by atoms with E-state index in [1.165, 1.54) is 5.56 Å². The molecule has 1 aliphatic carbocycles. The summed E-state index contributed by atoms with van der Waals surface area (Å²) in [7, 11) is 1.59. The number of ether oxygens (including phenoxy) is 2. The Morgan fingerprint density at radius 2 is 1.88 bits per heavy atom. The van der Waals surface area contributed by atoms with Gasteiger partial charge in [-0.05, 0) is 48.1 Å². The summed E-state index contributed by atoms with van der Waals surface area (Å²) in [5, 5.41) is 2.98. The van der Waals surface area contributed by atoms with E-state index in [9.17, 15) is 9.59 Å². The van der Waals surface area contributed by atoms with Crippen molar-refractivity contribution in [2.45, 2.75) is 31.7 Å². The van der Waals surface area contributed by atoms with Gasteiger partial charge < -0.3 is 14.8 Å². The third-order valence-electron chi connectivity index (χ3n) is 4.58. The van der Waals surface area contributed by atoms with Gasteiger partial charge in [-0.2, -0.15) is 0 Å². The smallest absolute Gasteiger partial charge is 0.310 e. The Morgan fingerprint density at radius 3 is 2.65 bits per heavy atom. The maximum atomic E-state index is 12.2. The van der Waals surface area contributed by atoms with Crippen molar-refractivity contribution in [3.05, 3.63) is 65.2 Å². The average molecular weight is 353 g/mol. The summed E-state index contributed by atoms with van der Waals surface area (Å²) in [4.78, 5) is 24.1. The molecule has 1 N–H and O–H groups in total. The molecule has 0 radical (unpaired) electrons. The van der Waals surface area contributed by atoms with Crippen LogP contribution < -0.4 is 10.1 Å². The first kappa shape index (κ1) is 18.0. The number of esters is 1. The molecule has 0 saturated carbocycles. The van der Waals surface area contributed by atoms with E-state index < -0.39 is 5.97 Å². The van der Waals surface area contributed by atoms with Gasteiger partial charge >= 0.3 is 5.97 Å². The van der Waals surface area contributed by atoms with Crippen LogP contribution in [0.4, 0.5) is 0 Å². The molecule has 3 rings (SSSR count). The molecule has 2 aromatic carbocycles. The van der Waals surface area contributed by atoms with Gasteiger partial charge in [0.05, 0.1) is 19.6 Å². The third kappa shape index (κ3) is 4.63. The number of nitrogens with one attached hydrogen (secondary N) is 1. The monoisotopic (exact) mass is 353 g/mol. The van der Waals surface area contributed by atoms with Gasteiger partial charge in [0, 0.05) is 0 Å². The molecule has 0 aliphatic heterocycles. The van der Waals surface area contributed by atoms with E-state index >= 15 is 0 Å². The SMILES string of the molecule is COc1ccc(CC(=O)OCC(=O)N[C@@H]2CCCc3ccccc32)cc1. The number of hydrogen-bond donors (Lipinski definition) is 1. The van der Waals surface area contributed by atoms with Gasteiger partial charge in [0.25, 0.3) is 5.91 Å². The summed E-state index contributed by atoms with van der Waals surface area (Å²) < 4.78 is 10.2. The molecule has 0 fully saturated rings. The summed E-state index contributed by atoms with van der Waals surface area (Å²) >= 11 is 0. The van der Waals surface area contributed by atoms with E-state index in [1.807, 2.05) is 12.1 Å². The minimum absolute atomic E-state index is 0.00672. The molecule has 0 spiro atoms. The Balaban J connectivity index is 1.47. The van der Waals surface area contributed by atoms with Gasteiger partial charge in [0.15, 0.2) is 6.61 Å². The summed E-state index contributed by atoms with van der Waals surface area (Å²) in [5.74, 6) is 0.0402. The van der Waals surface area contributed by atoms with Crippen LogP contribution in [0.5, 0.6) is 5.75 Å². The molecule has 26 heavy (non-hydrogen) atoms. The van der Waals surface area contributed by atoms with Gasteiger partial charge in [-0.15, -0.1) is 0 Å². The van der Waals surface area contributed by atoms with E-state index in [0.717, 1.165) is 36.1 Å². The Bertz CT molecular complexity index is 770. The number of rotatable bonds is 6. The van der Waals surface area contributed by atoms with Gasteiger partial charge in [-0.25, -0.2) is 0 Å². The lowest BCUT2D eigenvalue weighted by atomic mass is 9.88. The Kier molecular flexibility index (Phi) is 5.89. The van der Waals surface area contributed by atoms with Crippen molar-refractivity contribution in [2.24, 2.45) is 0 Å². The van der Waals surface area contributed by atoms with Crippen LogP contribution in [0.15, 0.2) is 48.5 Å². The van der Waals surface area contributed by atoms with Gasteiger partial charge in [0.2, 0.25) is 0 Å². The molecule has 0 saturated heterocycles. The number of aryl methyl sites for hydroxylation is 1. The van der Waals surface area contributed by atoms with Crippen LogP contribution in [0, 0.1) is 0 Å². The highest BCUT2D eigenvalue weighted by Crippen LogP contribution is 2.29. The number of carbonyl (C=O) groups excluding carboxylic acids is 2. The second-order valence-corrected chi connectivity index (χ2v) is 6.40. The lowest BCUT2D eigenvalue weighted by Crippen LogP contribution is -2.34. The number of hydrogen-bond acceptors (Lipinski definition) is 4. The Hall–Kier alpha value is -2.82. The zero-order valence-electron chi connectivity index (χ0n) is 14.9. The quantitative estimate of drug-likeness (QED) is 0.811. The van der Waals surface area contributed by atoms with E-state index in [-0.39, 0.29) is 25.0 Å². The molecule has 2 aromatic rings. The van der Waals surface area contributed by atoms with Crippen LogP contribution in [0.2, 0.25) is 0 Å². The van der Waals surface area contributed by atoms with Crippen molar-refractivity contribution in [3.63, 3.8) is 0 Å². The van der Waals surface area contributed by atoms with Crippen molar-refractivity contribution in [1.82, 2.24) is 5.32 Å². The molecule has 0 heterocycles. The normalized spacial score (nSPS) is 15.7. The molecule has 1 aliphatic rings. The lowest BCUT2D eigenvalue weighted by molar-refractivity contribution is -0.148. The summed E-state index contributed by atoms with van der Waals surface area (Å²) in [6.45, 7) is -0.256. The van der Waals surface area contributed by atoms with Crippen LogP contribution in [0.3, 0.4) is 0 Å². The van der Waals surface area contributed by atoms with Crippen molar-refractivity contribution >= 4 is 11.9 Å². The zero-order chi connectivity index (χ0) is 18.4. The van der Waals surface area contributed by atoms with Gasteiger partial charge in [-0.3, -0.25) is 9.59 Å². The summed E-state index contributed by atoms with van der Waals surface area (Å²) in [6.07, 6.45) is 3.12. The largest absolute Gasteiger partial charge is 0.497 e. The second-order valence-electron chi connectivity index (χ2n) is 6.40. The molecular formula is C21H23NO4. The van der Waals surface area contributed by atoms with Crippen LogP contribution in [0.1, 0.15) is 35.6 Å². The second kappa shape index (κ2) is 8.52. The molecule has 136 valence electrons. The van der Waals surface area contributed by atoms with Crippen molar-refractivity contribution in [3.8, 4) is 5.75 Å².